The number of allylic oxidation sites excluding steroid dienone is 12. The van der Waals surface area contributed by atoms with E-state index in [0.717, 1.165) is 62.8 Å². The van der Waals surface area contributed by atoms with Gasteiger partial charge in [0.1, 0.15) is 0 Å². The molecule has 0 saturated heterocycles. The lowest BCUT2D eigenvalue weighted by molar-refractivity contribution is -0.117. The van der Waals surface area contributed by atoms with Gasteiger partial charge in [-0.15, -0.1) is 0 Å². The summed E-state index contributed by atoms with van der Waals surface area (Å²) in [6, 6.07) is 0. The Bertz CT molecular complexity index is 1290. The van der Waals surface area contributed by atoms with Gasteiger partial charge in [-0.2, -0.15) is 0 Å². The summed E-state index contributed by atoms with van der Waals surface area (Å²) >= 11 is 0. The molecule has 3 aliphatic rings. The molecule has 0 spiro atoms. The first-order valence-corrected chi connectivity index (χ1v) is 18.8. The van der Waals surface area contributed by atoms with Gasteiger partial charge < -0.3 is 0 Å². The minimum absolute atomic E-state index is 0.112. The van der Waals surface area contributed by atoms with Crippen LogP contribution < -0.4 is 0 Å². The third kappa shape index (κ3) is 12.5. The lowest BCUT2D eigenvalue weighted by atomic mass is 9.81. The summed E-state index contributed by atoms with van der Waals surface area (Å²) in [4.78, 5) is 77.8. The Morgan fingerprint density at radius 1 is 0.292 bits per heavy atom. The number of hydrogen-bond acceptors (Lipinski definition) is 6. The van der Waals surface area contributed by atoms with E-state index >= 15 is 0 Å². The van der Waals surface area contributed by atoms with Crippen LogP contribution in [0, 0.1) is 0 Å². The molecule has 0 N–H and O–H groups in total. The molecule has 6 heteroatoms. The van der Waals surface area contributed by atoms with Crippen LogP contribution in [0.25, 0.3) is 0 Å². The number of hydrogen-bond donors (Lipinski definition) is 0. The zero-order valence-electron chi connectivity index (χ0n) is 29.5. The van der Waals surface area contributed by atoms with Crippen molar-refractivity contribution in [1.82, 2.24) is 0 Å². The zero-order chi connectivity index (χ0) is 34.7. The zero-order valence-corrected chi connectivity index (χ0v) is 29.5. The fourth-order valence-electron chi connectivity index (χ4n) is 6.60. The fourth-order valence-corrected chi connectivity index (χ4v) is 6.60. The molecule has 0 unspecified atom stereocenters. The Morgan fingerprint density at radius 3 is 0.812 bits per heavy atom. The van der Waals surface area contributed by atoms with E-state index in [0.29, 0.717) is 24.0 Å². The van der Waals surface area contributed by atoms with E-state index in [9.17, 15) is 28.8 Å². The average molecular weight is 657 g/mol. The molecule has 0 aliphatic heterocycles. The average Bonchev–Trinajstić information content (AvgIpc) is 3.06. The van der Waals surface area contributed by atoms with Crippen molar-refractivity contribution >= 4 is 34.7 Å². The van der Waals surface area contributed by atoms with Gasteiger partial charge in [0, 0.05) is 33.4 Å². The van der Waals surface area contributed by atoms with Gasteiger partial charge in [0.15, 0.2) is 34.7 Å². The van der Waals surface area contributed by atoms with E-state index in [1.54, 1.807) is 0 Å². The molecule has 0 atom stereocenters. The minimum atomic E-state index is -0.648. The van der Waals surface area contributed by atoms with Crippen LogP contribution in [-0.2, 0) is 28.8 Å². The number of carbonyl (C=O) groups is 6. The summed E-state index contributed by atoms with van der Waals surface area (Å²) in [7, 11) is 0. The highest BCUT2D eigenvalue weighted by atomic mass is 16.2. The molecular formula is C42H56O6. The molecule has 0 bridgehead atoms. The smallest absolute Gasteiger partial charge is 0.187 e. The van der Waals surface area contributed by atoms with Gasteiger partial charge in [0.05, 0.1) is 0 Å². The standard InChI is InChI=1S/C42H56O6/c1-3-5-7-9-11-13-15-17-19-21-23-31-25-39(45)33(27-37(31)43)35-29-42(48)36(30-41(35)47)34-28-38(44)32(26-40(34)46)24-22-20-18-16-14-12-10-8-6-4-2/h25-30H,3-24H2,1-2H3. The topological polar surface area (TPSA) is 102 Å². The van der Waals surface area contributed by atoms with Gasteiger partial charge in [0.25, 0.3) is 0 Å². The summed E-state index contributed by atoms with van der Waals surface area (Å²) in [6.45, 7) is 4.43. The van der Waals surface area contributed by atoms with Crippen molar-refractivity contribution in [2.24, 2.45) is 0 Å². The van der Waals surface area contributed by atoms with Crippen LogP contribution in [0.5, 0.6) is 0 Å². The van der Waals surface area contributed by atoms with Crippen LogP contribution in [0.15, 0.2) is 69.9 Å². The summed E-state index contributed by atoms with van der Waals surface area (Å²) < 4.78 is 0. The van der Waals surface area contributed by atoms with E-state index in [4.69, 9.17) is 0 Å². The Labute approximate surface area is 288 Å². The molecule has 0 fully saturated rings. The monoisotopic (exact) mass is 656 g/mol. The molecule has 3 aliphatic carbocycles. The van der Waals surface area contributed by atoms with Crippen LogP contribution >= 0.6 is 0 Å². The van der Waals surface area contributed by atoms with E-state index in [1.807, 2.05) is 0 Å². The van der Waals surface area contributed by atoms with E-state index in [-0.39, 0.29) is 33.9 Å². The minimum Gasteiger partial charge on any atom is -0.290 e. The largest absolute Gasteiger partial charge is 0.290 e. The van der Waals surface area contributed by atoms with Crippen molar-refractivity contribution in [3.05, 3.63) is 69.9 Å². The first kappa shape index (κ1) is 38.9. The summed E-state index contributed by atoms with van der Waals surface area (Å²) in [5.41, 5.74) is 0.295. The Hall–Kier alpha value is -3.54. The highest BCUT2D eigenvalue weighted by Gasteiger charge is 2.32. The molecule has 0 heterocycles. The normalized spacial score (nSPS) is 16.9. The van der Waals surface area contributed by atoms with Crippen LogP contribution in [0.3, 0.4) is 0 Å². The van der Waals surface area contributed by atoms with Crippen LogP contribution in [0.2, 0.25) is 0 Å². The highest BCUT2D eigenvalue weighted by Crippen LogP contribution is 2.30. The third-order valence-electron chi connectivity index (χ3n) is 9.59. The lowest BCUT2D eigenvalue weighted by Gasteiger charge is -2.18. The predicted molar refractivity (Wildman–Crippen MR) is 191 cm³/mol. The first-order valence-electron chi connectivity index (χ1n) is 18.8. The second-order valence-electron chi connectivity index (χ2n) is 13.6. The van der Waals surface area contributed by atoms with Gasteiger partial charge >= 0.3 is 0 Å². The van der Waals surface area contributed by atoms with E-state index < -0.39 is 23.1 Å². The molecule has 0 aromatic carbocycles. The van der Waals surface area contributed by atoms with Gasteiger partial charge in [-0.25, -0.2) is 0 Å². The maximum absolute atomic E-state index is 13.1. The van der Waals surface area contributed by atoms with Gasteiger partial charge in [-0.05, 0) is 62.1 Å². The van der Waals surface area contributed by atoms with Crippen LogP contribution in [-0.4, -0.2) is 34.7 Å². The SMILES string of the molecule is CCCCCCCCCCCCC1=CC(=O)C(C2=CC(=O)C(C3=CC(=O)C(CCCCCCCCCCCC)=CC3=O)=CC2=O)=CC1=O. The quantitative estimate of drug-likeness (QED) is 0.0757. The van der Waals surface area contributed by atoms with Crippen LogP contribution in [0.1, 0.15) is 155 Å². The third-order valence-corrected chi connectivity index (χ3v) is 9.59. The number of unbranched alkanes of at least 4 members (excludes halogenated alkanes) is 18. The van der Waals surface area contributed by atoms with Crippen molar-refractivity contribution in [2.45, 2.75) is 155 Å². The van der Waals surface area contributed by atoms with Crippen LogP contribution in [0.4, 0.5) is 0 Å². The van der Waals surface area contributed by atoms with Gasteiger partial charge in [-0.3, -0.25) is 28.8 Å². The molecule has 0 aromatic rings. The molecule has 0 amide bonds. The summed E-state index contributed by atoms with van der Waals surface area (Å²) in [5, 5.41) is 0. The maximum Gasteiger partial charge on any atom is 0.187 e. The molecular weight excluding hydrogens is 600 g/mol. The number of carbonyl (C=O) groups excluding carboxylic acids is 6. The number of ketones is 6. The van der Waals surface area contributed by atoms with Crippen molar-refractivity contribution in [3.63, 3.8) is 0 Å². The van der Waals surface area contributed by atoms with Crippen molar-refractivity contribution in [3.8, 4) is 0 Å². The molecule has 3 rings (SSSR count). The van der Waals surface area contributed by atoms with Gasteiger partial charge in [-0.1, -0.05) is 129 Å². The molecule has 260 valence electrons. The molecule has 48 heavy (non-hydrogen) atoms. The molecule has 0 radical (unpaired) electrons. The van der Waals surface area contributed by atoms with Crippen molar-refractivity contribution in [1.29, 1.82) is 0 Å². The van der Waals surface area contributed by atoms with E-state index in [1.165, 1.54) is 102 Å². The second kappa shape index (κ2) is 21.4. The molecule has 0 saturated carbocycles. The van der Waals surface area contributed by atoms with Crippen molar-refractivity contribution < 1.29 is 28.8 Å². The van der Waals surface area contributed by atoms with Crippen molar-refractivity contribution in [2.75, 3.05) is 0 Å². The molecule has 0 aromatic heterocycles. The predicted octanol–water partition coefficient (Wildman–Crippen LogP) is 9.62. The Kier molecular flexibility index (Phi) is 17.4. The molecule has 6 nitrogen and oxygen atoms in total. The Morgan fingerprint density at radius 2 is 0.521 bits per heavy atom. The maximum atomic E-state index is 13.1. The summed E-state index contributed by atoms with van der Waals surface area (Å²) in [5.74, 6) is -2.92. The number of rotatable bonds is 24. The lowest BCUT2D eigenvalue weighted by Crippen LogP contribution is -2.24. The second-order valence-corrected chi connectivity index (χ2v) is 13.6. The van der Waals surface area contributed by atoms with E-state index in [2.05, 4.69) is 13.8 Å². The fraction of sp³-hybridized carbons (Fsp3) is 0.571. The first-order chi connectivity index (χ1) is 23.3. The van der Waals surface area contributed by atoms with Gasteiger partial charge in [0.2, 0.25) is 0 Å². The highest BCUT2D eigenvalue weighted by molar-refractivity contribution is 6.34. The Balaban J connectivity index is 1.45. The summed E-state index contributed by atoms with van der Waals surface area (Å²) in [6.07, 6.45) is 31.4.